The zero-order valence-electron chi connectivity index (χ0n) is 55.1. The van der Waals surface area contributed by atoms with Crippen LogP contribution in [-0.4, -0.2) is 100 Å². The van der Waals surface area contributed by atoms with Crippen molar-refractivity contribution < 1.29 is 49.3 Å². The first kappa shape index (κ1) is 80.2. The maximum absolute atomic E-state index is 13.0. The van der Waals surface area contributed by atoms with E-state index in [1.54, 1.807) is 6.08 Å². The number of hydrogen-bond acceptors (Lipinski definition) is 10. The maximum atomic E-state index is 13.0. The standard InChI is InChI=1S/C73H139NO10/c1-3-5-7-9-11-13-14-41-45-49-53-57-61-69(78)82-62-58-54-50-46-42-39-37-35-33-31-29-27-25-23-21-19-17-15-16-18-20-22-24-26-28-30-32-34-36-38-40-44-48-52-56-60-68(77)74-65(66(76)59-55-51-47-43-12-10-8-6-4-2)64-83-73-72(81)71(80)70(79)67(63-75)84-73/h12,43,55,59,65-67,70-73,75-76,79-81H,3-11,13-42,44-54,56-58,60-64H2,1-2H3,(H,74,77)/b43-12+,59-55+. The molecule has 7 unspecified atom stereocenters. The highest BCUT2D eigenvalue weighted by Gasteiger charge is 2.44. The van der Waals surface area contributed by atoms with Gasteiger partial charge >= 0.3 is 5.97 Å². The maximum Gasteiger partial charge on any atom is 0.305 e. The van der Waals surface area contributed by atoms with E-state index in [1.807, 2.05) is 6.08 Å². The first-order valence-electron chi connectivity index (χ1n) is 36.6. The fourth-order valence-electron chi connectivity index (χ4n) is 11.8. The SMILES string of the molecule is CCCCC/C=C/CC/C=C/C(O)C(COC1OC(CO)C(O)C(O)C1O)NC(=O)CCCCCCCCCCCCCCCCCCCCCCCCCCCCCCCCCCCCCOC(=O)CCCCCCCCCCCCCC. The lowest BCUT2D eigenvalue weighted by atomic mass is 9.99. The van der Waals surface area contributed by atoms with Crippen LogP contribution in [0.2, 0.25) is 0 Å². The summed E-state index contributed by atoms with van der Waals surface area (Å²) in [6, 6.07) is -0.821. The summed E-state index contributed by atoms with van der Waals surface area (Å²) in [6.07, 6.45) is 69.3. The summed E-state index contributed by atoms with van der Waals surface area (Å²) in [5, 5.41) is 54.3. The smallest absolute Gasteiger partial charge is 0.305 e. The molecule has 7 atom stereocenters. The normalized spacial score (nSPS) is 18.1. The van der Waals surface area contributed by atoms with Crippen molar-refractivity contribution in [2.24, 2.45) is 0 Å². The van der Waals surface area contributed by atoms with Crippen LogP contribution < -0.4 is 5.32 Å². The molecule has 1 saturated heterocycles. The number of aliphatic hydroxyl groups is 5. The first-order valence-corrected chi connectivity index (χ1v) is 36.6. The Bertz CT molecular complexity index is 1440. The molecule has 1 aliphatic rings. The van der Waals surface area contributed by atoms with Crippen LogP contribution in [0.4, 0.5) is 0 Å². The van der Waals surface area contributed by atoms with E-state index in [2.05, 4.69) is 31.3 Å². The zero-order valence-corrected chi connectivity index (χ0v) is 55.1. The summed E-state index contributed by atoms with van der Waals surface area (Å²) >= 11 is 0. The van der Waals surface area contributed by atoms with Crippen molar-refractivity contribution >= 4 is 11.9 Å². The van der Waals surface area contributed by atoms with Gasteiger partial charge in [0, 0.05) is 12.8 Å². The molecule has 0 saturated carbocycles. The molecular weight excluding hydrogens is 1050 g/mol. The van der Waals surface area contributed by atoms with Crippen molar-refractivity contribution in [1.29, 1.82) is 0 Å². The van der Waals surface area contributed by atoms with Crippen LogP contribution in [0.15, 0.2) is 24.3 Å². The third-order valence-corrected chi connectivity index (χ3v) is 17.6. The summed E-state index contributed by atoms with van der Waals surface area (Å²) in [5.74, 6) is -0.171. The highest BCUT2D eigenvalue weighted by atomic mass is 16.7. The largest absolute Gasteiger partial charge is 0.466 e. The van der Waals surface area contributed by atoms with Gasteiger partial charge in [-0.1, -0.05) is 334 Å². The average Bonchev–Trinajstić information content (AvgIpc) is 3.23. The quantitative estimate of drug-likeness (QED) is 0.0195. The van der Waals surface area contributed by atoms with E-state index in [-0.39, 0.29) is 18.5 Å². The van der Waals surface area contributed by atoms with Crippen LogP contribution >= 0.6 is 0 Å². The molecule has 1 amide bonds. The van der Waals surface area contributed by atoms with E-state index in [9.17, 15) is 35.1 Å². The lowest BCUT2D eigenvalue weighted by molar-refractivity contribution is -0.302. The first-order chi connectivity index (χ1) is 41.2. The summed E-state index contributed by atoms with van der Waals surface area (Å²) in [4.78, 5) is 25.1. The van der Waals surface area contributed by atoms with Crippen LogP contribution in [0, 0.1) is 0 Å². The molecule has 496 valence electrons. The molecule has 0 bridgehead atoms. The molecule has 11 heteroatoms. The molecule has 0 aliphatic carbocycles. The van der Waals surface area contributed by atoms with Gasteiger partial charge in [0.05, 0.1) is 32.0 Å². The molecule has 1 rings (SSSR count). The lowest BCUT2D eigenvalue weighted by Gasteiger charge is -2.40. The zero-order chi connectivity index (χ0) is 60.9. The van der Waals surface area contributed by atoms with Gasteiger partial charge in [-0.3, -0.25) is 9.59 Å². The van der Waals surface area contributed by atoms with Crippen molar-refractivity contribution in [3.63, 3.8) is 0 Å². The van der Waals surface area contributed by atoms with Gasteiger partial charge in [-0.25, -0.2) is 0 Å². The monoisotopic (exact) mass is 1190 g/mol. The van der Waals surface area contributed by atoms with E-state index in [0.29, 0.717) is 19.4 Å². The highest BCUT2D eigenvalue weighted by molar-refractivity contribution is 5.76. The van der Waals surface area contributed by atoms with E-state index in [0.717, 1.165) is 51.4 Å². The van der Waals surface area contributed by atoms with Gasteiger partial charge < -0.3 is 45.1 Å². The van der Waals surface area contributed by atoms with Crippen molar-refractivity contribution in [3.05, 3.63) is 24.3 Å². The third kappa shape index (κ3) is 51.1. The minimum atomic E-state index is -1.57. The van der Waals surface area contributed by atoms with Gasteiger partial charge in [0.1, 0.15) is 24.4 Å². The molecule has 0 aromatic rings. The van der Waals surface area contributed by atoms with Gasteiger partial charge in [-0.15, -0.1) is 0 Å². The highest BCUT2D eigenvalue weighted by Crippen LogP contribution is 2.24. The number of allylic oxidation sites excluding steroid dienone is 3. The van der Waals surface area contributed by atoms with Crippen LogP contribution in [0.25, 0.3) is 0 Å². The van der Waals surface area contributed by atoms with Crippen LogP contribution in [0.3, 0.4) is 0 Å². The number of aliphatic hydroxyl groups excluding tert-OH is 5. The number of carbonyl (C=O) groups excluding carboxylic acids is 2. The molecular formula is C73H139NO10. The number of unbranched alkanes of at least 4 members (excludes halogenated alkanes) is 49. The molecule has 1 fully saturated rings. The Balaban J connectivity index is 1.87. The Morgan fingerprint density at radius 2 is 0.774 bits per heavy atom. The van der Waals surface area contributed by atoms with E-state index in [1.165, 1.54) is 289 Å². The van der Waals surface area contributed by atoms with E-state index in [4.69, 9.17) is 14.2 Å². The average molecular weight is 1190 g/mol. The molecule has 0 spiro atoms. The second-order valence-corrected chi connectivity index (χ2v) is 25.7. The van der Waals surface area contributed by atoms with Crippen molar-refractivity contribution in [3.8, 4) is 0 Å². The summed E-state index contributed by atoms with van der Waals surface area (Å²) in [7, 11) is 0. The number of rotatable bonds is 65. The Hall–Kier alpha value is -1.86. The molecule has 1 heterocycles. The number of esters is 1. The van der Waals surface area contributed by atoms with Gasteiger partial charge in [-0.2, -0.15) is 0 Å². The van der Waals surface area contributed by atoms with Crippen molar-refractivity contribution in [2.75, 3.05) is 19.8 Å². The topological polar surface area (TPSA) is 175 Å². The molecule has 0 radical (unpaired) electrons. The summed E-state index contributed by atoms with van der Waals surface area (Å²) in [5.41, 5.74) is 0. The predicted molar refractivity (Wildman–Crippen MR) is 352 cm³/mol. The van der Waals surface area contributed by atoms with Crippen molar-refractivity contribution in [1.82, 2.24) is 5.32 Å². The molecule has 11 nitrogen and oxygen atoms in total. The van der Waals surface area contributed by atoms with E-state index >= 15 is 0 Å². The van der Waals surface area contributed by atoms with Crippen LogP contribution in [0.1, 0.15) is 367 Å². The minimum Gasteiger partial charge on any atom is -0.466 e. The van der Waals surface area contributed by atoms with Gasteiger partial charge in [0.25, 0.3) is 0 Å². The Morgan fingerprint density at radius 3 is 1.18 bits per heavy atom. The molecule has 0 aromatic heterocycles. The Labute approximate surface area is 518 Å². The van der Waals surface area contributed by atoms with Crippen molar-refractivity contribution in [2.45, 2.75) is 410 Å². The summed E-state index contributed by atoms with van der Waals surface area (Å²) < 4.78 is 16.7. The fraction of sp³-hybridized carbons (Fsp3) is 0.918. The van der Waals surface area contributed by atoms with Gasteiger partial charge in [-0.05, 0) is 44.9 Å². The number of hydrogen-bond donors (Lipinski definition) is 6. The number of nitrogens with one attached hydrogen (secondary N) is 1. The number of amides is 1. The fourth-order valence-corrected chi connectivity index (χ4v) is 11.8. The van der Waals surface area contributed by atoms with Gasteiger partial charge in [0.15, 0.2) is 6.29 Å². The Morgan fingerprint density at radius 1 is 0.429 bits per heavy atom. The lowest BCUT2D eigenvalue weighted by Crippen LogP contribution is -2.60. The number of ether oxygens (including phenoxy) is 3. The van der Waals surface area contributed by atoms with Crippen LogP contribution in [-0.2, 0) is 23.8 Å². The summed E-state index contributed by atoms with van der Waals surface area (Å²) in [6.45, 7) is 4.32. The molecule has 84 heavy (non-hydrogen) atoms. The second kappa shape index (κ2) is 62.7. The minimum absolute atomic E-state index is 0.0169. The molecule has 6 N–H and O–H groups in total. The number of carbonyl (C=O) groups is 2. The van der Waals surface area contributed by atoms with Crippen LogP contribution in [0.5, 0.6) is 0 Å². The molecule has 1 aliphatic heterocycles. The van der Waals surface area contributed by atoms with E-state index < -0.39 is 49.5 Å². The third-order valence-electron chi connectivity index (χ3n) is 17.6. The Kier molecular flexibility index (Phi) is 59.9. The second-order valence-electron chi connectivity index (χ2n) is 25.7. The predicted octanol–water partition coefficient (Wildman–Crippen LogP) is 18.8. The van der Waals surface area contributed by atoms with Gasteiger partial charge in [0.2, 0.25) is 5.91 Å². The molecule has 0 aromatic carbocycles.